The van der Waals surface area contributed by atoms with Crippen LogP contribution in [-0.4, -0.2) is 10.5 Å². The van der Waals surface area contributed by atoms with E-state index in [2.05, 4.69) is 16.0 Å². The molecule has 3 N–H and O–H groups in total. The lowest BCUT2D eigenvalue weighted by molar-refractivity contribution is -0.117. The Balaban J connectivity index is 1.37. The van der Waals surface area contributed by atoms with Crippen LogP contribution in [0.3, 0.4) is 0 Å². The number of aromatic nitrogens is 1. The smallest absolute Gasteiger partial charge is 0.259 e. The first-order valence-electron chi connectivity index (χ1n) is 10.1. The number of nitrogens with zero attached hydrogens (tertiary/aromatic N) is 1. The molecule has 2 heterocycles. The van der Waals surface area contributed by atoms with E-state index >= 15 is 0 Å². The van der Waals surface area contributed by atoms with Crippen LogP contribution >= 0.6 is 11.8 Å². The van der Waals surface area contributed by atoms with Crippen LogP contribution in [0.5, 0.6) is 0 Å². The fourth-order valence-electron chi connectivity index (χ4n) is 3.28. The summed E-state index contributed by atoms with van der Waals surface area (Å²) in [5, 5.41) is 9.46. The Morgan fingerprint density at radius 2 is 1.65 bits per heavy atom. The molecule has 0 bridgehead atoms. The molecule has 1 aliphatic rings. The number of carbonyl (C=O) groups is 1. The van der Waals surface area contributed by atoms with E-state index in [-0.39, 0.29) is 17.0 Å². The normalized spacial score (nSPS) is 15.5. The summed E-state index contributed by atoms with van der Waals surface area (Å²) in [4.78, 5) is 25.9. The van der Waals surface area contributed by atoms with Crippen LogP contribution in [0.1, 0.15) is 23.5 Å². The van der Waals surface area contributed by atoms with E-state index in [1.807, 2.05) is 73.7 Å². The van der Waals surface area contributed by atoms with Crippen molar-refractivity contribution in [3.05, 3.63) is 111 Å². The van der Waals surface area contributed by atoms with Crippen molar-refractivity contribution in [1.82, 2.24) is 15.2 Å². The molecule has 0 saturated heterocycles. The van der Waals surface area contributed by atoms with E-state index in [9.17, 15) is 9.59 Å². The first-order valence-corrected chi connectivity index (χ1v) is 10.9. The van der Waals surface area contributed by atoms with Gasteiger partial charge in [0.05, 0.1) is 4.91 Å². The molecule has 7 heteroatoms. The molecule has 0 spiro atoms. The van der Waals surface area contributed by atoms with E-state index in [1.54, 1.807) is 16.8 Å². The molecule has 1 atom stereocenters. The lowest BCUT2D eigenvalue weighted by Gasteiger charge is -2.16. The van der Waals surface area contributed by atoms with Crippen molar-refractivity contribution < 1.29 is 4.79 Å². The molecule has 158 valence electrons. The monoisotopic (exact) mass is 432 g/mol. The van der Waals surface area contributed by atoms with Gasteiger partial charge in [-0.2, -0.15) is 0 Å². The lowest BCUT2D eigenvalue weighted by atomic mass is 10.2. The molecular weight excluding hydrogens is 408 g/mol. The van der Waals surface area contributed by atoms with Crippen LogP contribution in [0.4, 0.5) is 5.69 Å². The fraction of sp³-hybridized carbons (Fsp3) is 0.167. The SMILES string of the molecule is CC1=C(C(=O)NCc2ccccc2)SC(n2ccc(NCc3ccccc3)cc2=O)N1. The van der Waals surface area contributed by atoms with Gasteiger partial charge >= 0.3 is 0 Å². The van der Waals surface area contributed by atoms with Gasteiger partial charge in [-0.05, 0) is 24.1 Å². The largest absolute Gasteiger partial charge is 0.381 e. The third-order valence-electron chi connectivity index (χ3n) is 4.95. The summed E-state index contributed by atoms with van der Waals surface area (Å²) in [6, 6.07) is 23.2. The molecule has 3 aromatic rings. The van der Waals surface area contributed by atoms with Crippen molar-refractivity contribution >= 4 is 23.4 Å². The second kappa shape index (κ2) is 9.57. The molecule has 1 unspecified atom stereocenters. The molecule has 1 aliphatic heterocycles. The summed E-state index contributed by atoms with van der Waals surface area (Å²) >= 11 is 1.34. The molecule has 1 aromatic heterocycles. The molecule has 4 rings (SSSR count). The predicted octanol–water partition coefficient (Wildman–Crippen LogP) is 3.80. The quantitative estimate of drug-likeness (QED) is 0.530. The Labute approximate surface area is 185 Å². The molecule has 6 nitrogen and oxygen atoms in total. The topological polar surface area (TPSA) is 75.2 Å². The average molecular weight is 433 g/mol. The molecule has 0 fully saturated rings. The first-order chi connectivity index (χ1) is 15.1. The fourth-order valence-corrected chi connectivity index (χ4v) is 4.44. The van der Waals surface area contributed by atoms with Gasteiger partial charge in [-0.15, -0.1) is 0 Å². The lowest BCUT2D eigenvalue weighted by Crippen LogP contribution is -2.28. The standard InChI is InChI=1S/C24H24N4O2S/c1-17-22(23(30)26-16-19-10-6-3-7-11-19)31-24(27-17)28-13-12-20(14-21(28)29)25-15-18-8-4-2-5-9-18/h2-14,24-25,27H,15-16H2,1H3,(H,26,30). The maximum absolute atomic E-state index is 12.7. The van der Waals surface area contributed by atoms with Crippen LogP contribution in [-0.2, 0) is 17.9 Å². The van der Waals surface area contributed by atoms with E-state index in [1.165, 1.54) is 11.8 Å². The van der Waals surface area contributed by atoms with Gasteiger partial charge in [0.1, 0.15) is 0 Å². The number of allylic oxidation sites excluding steroid dienone is 1. The summed E-state index contributed by atoms with van der Waals surface area (Å²) in [6.45, 7) is 2.96. The molecule has 0 saturated carbocycles. The van der Waals surface area contributed by atoms with E-state index < -0.39 is 0 Å². The van der Waals surface area contributed by atoms with Crippen molar-refractivity contribution in [2.45, 2.75) is 25.5 Å². The second-order valence-electron chi connectivity index (χ2n) is 7.24. The number of amides is 1. The molecule has 0 radical (unpaired) electrons. The van der Waals surface area contributed by atoms with Crippen molar-refractivity contribution in [3.8, 4) is 0 Å². The van der Waals surface area contributed by atoms with Gasteiger partial charge in [0.15, 0.2) is 5.50 Å². The Morgan fingerprint density at radius 1 is 1.00 bits per heavy atom. The van der Waals surface area contributed by atoms with Gasteiger partial charge in [0.25, 0.3) is 11.5 Å². The third kappa shape index (κ3) is 5.19. The molecule has 2 aromatic carbocycles. The summed E-state index contributed by atoms with van der Waals surface area (Å²) in [5.74, 6) is -0.143. The van der Waals surface area contributed by atoms with Gasteiger partial charge < -0.3 is 16.0 Å². The van der Waals surface area contributed by atoms with E-state index in [0.717, 1.165) is 22.5 Å². The maximum Gasteiger partial charge on any atom is 0.259 e. The number of hydrogen-bond donors (Lipinski definition) is 3. The van der Waals surface area contributed by atoms with Gasteiger partial charge in [-0.1, -0.05) is 72.4 Å². The number of nitrogens with one attached hydrogen (secondary N) is 3. The van der Waals surface area contributed by atoms with Crippen LogP contribution < -0.4 is 21.5 Å². The zero-order valence-corrected chi connectivity index (χ0v) is 18.0. The third-order valence-corrected chi connectivity index (χ3v) is 6.25. The molecule has 31 heavy (non-hydrogen) atoms. The maximum atomic E-state index is 12.7. The van der Waals surface area contributed by atoms with Crippen molar-refractivity contribution in [2.75, 3.05) is 5.32 Å². The number of rotatable bonds is 7. The summed E-state index contributed by atoms with van der Waals surface area (Å²) < 4.78 is 1.60. The van der Waals surface area contributed by atoms with E-state index in [0.29, 0.717) is 18.0 Å². The highest BCUT2D eigenvalue weighted by Gasteiger charge is 2.28. The number of thioether (sulfide) groups is 1. The van der Waals surface area contributed by atoms with Gasteiger partial charge in [0.2, 0.25) is 0 Å². The highest BCUT2D eigenvalue weighted by atomic mass is 32.2. The van der Waals surface area contributed by atoms with Gasteiger partial charge in [-0.25, -0.2) is 0 Å². The Morgan fingerprint density at radius 3 is 2.29 bits per heavy atom. The second-order valence-corrected chi connectivity index (χ2v) is 8.33. The number of carbonyl (C=O) groups excluding carboxylic acids is 1. The Kier molecular flexibility index (Phi) is 6.43. The van der Waals surface area contributed by atoms with Crippen molar-refractivity contribution in [1.29, 1.82) is 0 Å². The number of hydrogen-bond acceptors (Lipinski definition) is 5. The summed E-state index contributed by atoms with van der Waals surface area (Å²) in [5.41, 5.74) is 3.22. The van der Waals surface area contributed by atoms with Crippen LogP contribution in [0.15, 0.2) is 94.4 Å². The predicted molar refractivity (Wildman–Crippen MR) is 125 cm³/mol. The summed E-state index contributed by atoms with van der Waals surface area (Å²) in [6.07, 6.45) is 1.75. The van der Waals surface area contributed by atoms with Crippen LogP contribution in [0.25, 0.3) is 0 Å². The van der Waals surface area contributed by atoms with Crippen molar-refractivity contribution in [2.24, 2.45) is 0 Å². The molecule has 1 amide bonds. The molecular formula is C24H24N4O2S. The summed E-state index contributed by atoms with van der Waals surface area (Å²) in [7, 11) is 0. The zero-order valence-electron chi connectivity index (χ0n) is 17.2. The van der Waals surface area contributed by atoms with Crippen LogP contribution in [0.2, 0.25) is 0 Å². The van der Waals surface area contributed by atoms with Gasteiger partial charge in [0, 0.05) is 36.7 Å². The zero-order chi connectivity index (χ0) is 21.6. The Hall–Kier alpha value is -3.45. The van der Waals surface area contributed by atoms with Gasteiger partial charge in [-0.3, -0.25) is 14.2 Å². The highest BCUT2D eigenvalue weighted by molar-refractivity contribution is 8.04. The highest BCUT2D eigenvalue weighted by Crippen LogP contribution is 2.36. The minimum absolute atomic E-state index is 0.137. The average Bonchev–Trinajstić information content (AvgIpc) is 3.19. The number of anilines is 1. The van der Waals surface area contributed by atoms with Crippen LogP contribution in [0, 0.1) is 0 Å². The first kappa shape index (κ1) is 20.8. The minimum atomic E-state index is -0.354. The Bertz CT molecular complexity index is 1140. The number of benzene rings is 2. The number of pyridine rings is 1. The minimum Gasteiger partial charge on any atom is -0.381 e. The van der Waals surface area contributed by atoms with Crippen molar-refractivity contribution in [3.63, 3.8) is 0 Å². The van der Waals surface area contributed by atoms with E-state index in [4.69, 9.17) is 0 Å². The molecule has 0 aliphatic carbocycles.